The third kappa shape index (κ3) is 2.17. The zero-order valence-electron chi connectivity index (χ0n) is 6.60. The van der Waals surface area contributed by atoms with Crippen molar-refractivity contribution in [3.63, 3.8) is 0 Å². The van der Waals surface area contributed by atoms with Crippen molar-refractivity contribution in [3.05, 3.63) is 0 Å². The second-order valence-corrected chi connectivity index (χ2v) is 3.53. The smallest absolute Gasteiger partial charge is 0.0530 e. The summed E-state index contributed by atoms with van der Waals surface area (Å²) in [7, 11) is 0. The van der Waals surface area contributed by atoms with Crippen LogP contribution in [-0.2, 0) is 4.74 Å². The van der Waals surface area contributed by atoms with Crippen LogP contribution in [0.5, 0.6) is 0 Å². The first-order chi connectivity index (χ1) is 4.83. The lowest BCUT2D eigenvalue weighted by Gasteiger charge is -2.10. The zero-order valence-corrected chi connectivity index (χ0v) is 7.49. The maximum atomic E-state index is 5.45. The molecule has 10 heavy (non-hydrogen) atoms. The Labute approximate surface area is 68.6 Å². The van der Waals surface area contributed by atoms with Crippen molar-refractivity contribution in [1.82, 2.24) is 0 Å². The van der Waals surface area contributed by atoms with Crippen molar-refractivity contribution < 1.29 is 4.74 Å². The summed E-state index contributed by atoms with van der Waals surface area (Å²) in [6.45, 7) is 3.99. The second kappa shape index (κ2) is 3.63. The molecular weight excluding hydrogens is 144 g/mol. The molecule has 1 rings (SSSR count). The number of thiol groups is 1. The van der Waals surface area contributed by atoms with Gasteiger partial charge in [0.05, 0.1) is 6.61 Å². The van der Waals surface area contributed by atoms with Crippen LogP contribution in [0.4, 0.5) is 0 Å². The Hall–Kier alpha value is 0.310. The topological polar surface area (TPSA) is 9.23 Å². The third-order valence-electron chi connectivity index (χ3n) is 2.05. The Kier molecular flexibility index (Phi) is 3.05. The van der Waals surface area contributed by atoms with Gasteiger partial charge in [0, 0.05) is 12.0 Å². The molecule has 0 amide bonds. The van der Waals surface area contributed by atoms with Gasteiger partial charge in [-0.1, -0.05) is 6.92 Å². The van der Waals surface area contributed by atoms with Crippen LogP contribution in [0.3, 0.4) is 0 Å². The Bertz CT molecular complexity index is 99.4. The van der Waals surface area contributed by atoms with Gasteiger partial charge in [0.15, 0.2) is 0 Å². The highest BCUT2D eigenvalue weighted by molar-refractivity contribution is 7.80. The quantitative estimate of drug-likeness (QED) is 0.479. The summed E-state index contributed by atoms with van der Waals surface area (Å²) in [4.78, 5) is 0. The summed E-state index contributed by atoms with van der Waals surface area (Å²) in [6, 6.07) is 0. The Morgan fingerprint density at radius 3 is 2.60 bits per heavy atom. The zero-order chi connectivity index (χ0) is 7.45. The Morgan fingerprint density at radius 1 is 1.50 bits per heavy atom. The van der Waals surface area contributed by atoms with E-state index in [1.165, 1.54) is 12.8 Å². The molecular formula is C8H16OS. The number of hydrogen-bond acceptors (Lipinski definition) is 2. The van der Waals surface area contributed by atoms with E-state index in [-0.39, 0.29) is 0 Å². The fourth-order valence-electron chi connectivity index (χ4n) is 0.958. The van der Waals surface area contributed by atoms with E-state index in [2.05, 4.69) is 19.6 Å². The third-order valence-corrected chi connectivity index (χ3v) is 2.72. The highest BCUT2D eigenvalue weighted by Crippen LogP contribution is 2.46. The van der Waals surface area contributed by atoms with Crippen molar-refractivity contribution >= 4 is 12.6 Å². The van der Waals surface area contributed by atoms with Gasteiger partial charge >= 0.3 is 0 Å². The minimum Gasteiger partial charge on any atom is -0.381 e. The molecule has 0 bridgehead atoms. The predicted molar refractivity (Wildman–Crippen MR) is 46.6 cm³/mol. The van der Waals surface area contributed by atoms with Crippen molar-refractivity contribution in [2.45, 2.75) is 26.2 Å². The van der Waals surface area contributed by atoms with Crippen molar-refractivity contribution in [2.24, 2.45) is 5.41 Å². The normalized spacial score (nSPS) is 21.0. The number of ether oxygens (including phenoxy) is 1. The molecule has 1 fully saturated rings. The standard InChI is InChI=1S/C8H16OS/c1-2-5-9-6-8(7-10)3-4-8/h10H,2-7H2,1H3. The first-order valence-corrected chi connectivity index (χ1v) is 4.65. The van der Waals surface area contributed by atoms with E-state index in [0.29, 0.717) is 5.41 Å². The molecule has 2 heteroatoms. The van der Waals surface area contributed by atoms with Gasteiger partial charge in [0.25, 0.3) is 0 Å². The van der Waals surface area contributed by atoms with Crippen LogP contribution >= 0.6 is 12.6 Å². The monoisotopic (exact) mass is 160 g/mol. The van der Waals surface area contributed by atoms with Crippen LogP contribution in [-0.4, -0.2) is 19.0 Å². The molecule has 0 aromatic heterocycles. The summed E-state index contributed by atoms with van der Waals surface area (Å²) in [5, 5.41) is 0. The van der Waals surface area contributed by atoms with Gasteiger partial charge < -0.3 is 4.74 Å². The summed E-state index contributed by atoms with van der Waals surface area (Å²) in [5.74, 6) is 0.997. The number of hydrogen-bond donors (Lipinski definition) is 1. The lowest BCUT2D eigenvalue weighted by Crippen LogP contribution is -2.12. The van der Waals surface area contributed by atoms with Crippen LogP contribution in [0.2, 0.25) is 0 Å². The van der Waals surface area contributed by atoms with E-state index < -0.39 is 0 Å². The predicted octanol–water partition coefficient (Wildman–Crippen LogP) is 2.12. The molecule has 0 aliphatic heterocycles. The summed E-state index contributed by atoms with van der Waals surface area (Å²) in [5.41, 5.74) is 0.484. The maximum Gasteiger partial charge on any atom is 0.0530 e. The Balaban J connectivity index is 2.01. The molecule has 1 saturated carbocycles. The van der Waals surface area contributed by atoms with Crippen LogP contribution in [0.25, 0.3) is 0 Å². The first-order valence-electron chi connectivity index (χ1n) is 4.01. The summed E-state index contributed by atoms with van der Waals surface area (Å²) in [6.07, 6.45) is 3.77. The molecule has 0 saturated heterocycles. The number of rotatable bonds is 5. The van der Waals surface area contributed by atoms with E-state index >= 15 is 0 Å². The van der Waals surface area contributed by atoms with Crippen LogP contribution < -0.4 is 0 Å². The molecule has 1 nitrogen and oxygen atoms in total. The summed E-state index contributed by atoms with van der Waals surface area (Å²) < 4.78 is 5.45. The molecule has 0 unspecified atom stereocenters. The molecule has 0 atom stereocenters. The molecule has 0 spiro atoms. The molecule has 60 valence electrons. The van der Waals surface area contributed by atoms with E-state index in [4.69, 9.17) is 4.74 Å². The van der Waals surface area contributed by atoms with Gasteiger partial charge in [-0.05, 0) is 25.0 Å². The molecule has 1 aliphatic carbocycles. The molecule has 0 radical (unpaired) electrons. The minimum atomic E-state index is 0.484. The summed E-state index contributed by atoms with van der Waals surface area (Å²) >= 11 is 4.29. The van der Waals surface area contributed by atoms with E-state index in [1.807, 2.05) is 0 Å². The van der Waals surface area contributed by atoms with Gasteiger partial charge in [0.2, 0.25) is 0 Å². The fraction of sp³-hybridized carbons (Fsp3) is 1.00. The van der Waals surface area contributed by atoms with Crippen LogP contribution in [0.1, 0.15) is 26.2 Å². The van der Waals surface area contributed by atoms with Gasteiger partial charge in [0.1, 0.15) is 0 Å². The molecule has 0 aromatic carbocycles. The second-order valence-electron chi connectivity index (χ2n) is 3.21. The average molecular weight is 160 g/mol. The van der Waals surface area contributed by atoms with Gasteiger partial charge in [-0.3, -0.25) is 0 Å². The van der Waals surface area contributed by atoms with E-state index in [1.54, 1.807) is 0 Å². The Morgan fingerprint density at radius 2 is 2.20 bits per heavy atom. The van der Waals surface area contributed by atoms with Crippen LogP contribution in [0.15, 0.2) is 0 Å². The van der Waals surface area contributed by atoms with Gasteiger partial charge in [-0.25, -0.2) is 0 Å². The highest BCUT2D eigenvalue weighted by atomic mass is 32.1. The van der Waals surface area contributed by atoms with Gasteiger partial charge in [-0.2, -0.15) is 12.6 Å². The molecule has 0 N–H and O–H groups in total. The van der Waals surface area contributed by atoms with Crippen molar-refractivity contribution in [3.8, 4) is 0 Å². The first kappa shape index (κ1) is 8.41. The largest absolute Gasteiger partial charge is 0.381 e. The lowest BCUT2D eigenvalue weighted by atomic mass is 10.2. The lowest BCUT2D eigenvalue weighted by molar-refractivity contribution is 0.0988. The van der Waals surface area contributed by atoms with E-state index in [0.717, 1.165) is 25.4 Å². The van der Waals surface area contributed by atoms with E-state index in [9.17, 15) is 0 Å². The average Bonchev–Trinajstić information content (AvgIpc) is 2.70. The minimum absolute atomic E-state index is 0.484. The maximum absolute atomic E-state index is 5.45. The molecule has 0 heterocycles. The van der Waals surface area contributed by atoms with Gasteiger partial charge in [-0.15, -0.1) is 0 Å². The fourth-order valence-corrected chi connectivity index (χ4v) is 1.37. The molecule has 0 aromatic rings. The van der Waals surface area contributed by atoms with Crippen molar-refractivity contribution in [1.29, 1.82) is 0 Å². The SMILES string of the molecule is CCCOCC1(CS)CC1. The highest BCUT2D eigenvalue weighted by Gasteiger charge is 2.41. The van der Waals surface area contributed by atoms with Crippen LogP contribution in [0, 0.1) is 5.41 Å². The molecule has 1 aliphatic rings. The van der Waals surface area contributed by atoms with Crippen molar-refractivity contribution in [2.75, 3.05) is 19.0 Å².